The van der Waals surface area contributed by atoms with E-state index in [1.807, 2.05) is 35.4 Å². The van der Waals surface area contributed by atoms with Crippen molar-refractivity contribution in [3.8, 4) is 16.9 Å². The summed E-state index contributed by atoms with van der Waals surface area (Å²) in [7, 11) is 1.69. The number of fused-ring (bicyclic) bond motifs is 1. The normalized spacial score (nSPS) is 15.9. The van der Waals surface area contributed by atoms with Crippen LogP contribution < -0.4 is 4.74 Å². The van der Waals surface area contributed by atoms with Crippen molar-refractivity contribution in [3.05, 3.63) is 48.3 Å². The molecule has 1 aliphatic heterocycles. The van der Waals surface area contributed by atoms with Crippen LogP contribution in [0.4, 0.5) is 0 Å². The molecule has 2 N–H and O–H groups in total. The van der Waals surface area contributed by atoms with Gasteiger partial charge in [0.2, 0.25) is 0 Å². The molecule has 3 heterocycles. The van der Waals surface area contributed by atoms with Crippen molar-refractivity contribution in [3.63, 3.8) is 0 Å². The van der Waals surface area contributed by atoms with Crippen LogP contribution in [-0.2, 0) is 4.79 Å². The summed E-state index contributed by atoms with van der Waals surface area (Å²) < 4.78 is 5.53. The van der Waals surface area contributed by atoms with E-state index in [1.165, 1.54) is 5.69 Å². The third-order valence-corrected chi connectivity index (χ3v) is 5.34. The highest BCUT2D eigenvalue weighted by Gasteiger charge is 2.24. The van der Waals surface area contributed by atoms with Gasteiger partial charge in [-0.05, 0) is 49.7 Å². The number of rotatable bonds is 5. The smallest absolute Gasteiger partial charge is 0.317 e. The van der Waals surface area contributed by atoms with Gasteiger partial charge in [0.05, 0.1) is 13.7 Å². The number of para-hydroxylation sites is 1. The molecule has 1 saturated heterocycles. The molecule has 27 heavy (non-hydrogen) atoms. The zero-order valence-electron chi connectivity index (χ0n) is 15.3. The predicted octanol–water partition coefficient (Wildman–Crippen LogP) is 3.50. The summed E-state index contributed by atoms with van der Waals surface area (Å²) in [5.74, 6) is 0.481. The number of methoxy groups -OCH3 is 1. The third-order valence-electron chi connectivity index (χ3n) is 5.34. The molecule has 2 aromatic heterocycles. The highest BCUT2D eigenvalue weighted by atomic mass is 16.5. The topological polar surface area (TPSA) is 78.5 Å². The number of aromatic nitrogens is 2. The summed E-state index contributed by atoms with van der Waals surface area (Å²) in [6.45, 7) is 1.73. The zero-order valence-corrected chi connectivity index (χ0v) is 15.3. The van der Waals surface area contributed by atoms with E-state index >= 15 is 0 Å². The van der Waals surface area contributed by atoms with Gasteiger partial charge in [-0.1, -0.05) is 18.2 Å². The first kappa shape index (κ1) is 17.5. The summed E-state index contributed by atoms with van der Waals surface area (Å²) in [6.07, 6.45) is 3.72. The highest BCUT2D eigenvalue weighted by molar-refractivity contribution is 5.95. The Hall–Kier alpha value is -2.86. The number of carboxylic acid groups (broad SMARTS) is 1. The largest absolute Gasteiger partial charge is 0.496 e. The van der Waals surface area contributed by atoms with E-state index in [2.05, 4.69) is 22.1 Å². The number of hydrogen-bond acceptors (Lipinski definition) is 4. The number of H-pyrrole nitrogens is 1. The minimum atomic E-state index is -0.760. The molecule has 1 fully saturated rings. The van der Waals surface area contributed by atoms with Crippen molar-refractivity contribution >= 4 is 17.0 Å². The molecule has 3 aromatic rings. The Kier molecular flexibility index (Phi) is 4.81. The number of carbonyl (C=O) groups is 1. The average molecular weight is 365 g/mol. The third kappa shape index (κ3) is 3.53. The molecule has 1 aromatic carbocycles. The Morgan fingerprint density at radius 3 is 2.78 bits per heavy atom. The van der Waals surface area contributed by atoms with E-state index in [-0.39, 0.29) is 6.54 Å². The van der Waals surface area contributed by atoms with E-state index < -0.39 is 5.97 Å². The number of nitrogens with one attached hydrogen (secondary N) is 1. The molecule has 0 amide bonds. The van der Waals surface area contributed by atoms with Crippen LogP contribution in [-0.4, -0.2) is 52.7 Å². The number of aromatic amines is 1. The van der Waals surface area contributed by atoms with Crippen LogP contribution in [0.25, 0.3) is 22.2 Å². The molecule has 0 atom stereocenters. The Bertz CT molecular complexity index is 958. The lowest BCUT2D eigenvalue weighted by Crippen LogP contribution is -2.36. The molecule has 1 aliphatic rings. The second kappa shape index (κ2) is 7.40. The highest BCUT2D eigenvalue weighted by Crippen LogP contribution is 2.36. The van der Waals surface area contributed by atoms with Crippen molar-refractivity contribution in [2.45, 2.75) is 18.8 Å². The van der Waals surface area contributed by atoms with Crippen LogP contribution in [0, 0.1) is 0 Å². The molecule has 6 nitrogen and oxygen atoms in total. The van der Waals surface area contributed by atoms with Gasteiger partial charge in [0.15, 0.2) is 0 Å². The van der Waals surface area contributed by atoms with Crippen LogP contribution >= 0.6 is 0 Å². The van der Waals surface area contributed by atoms with E-state index in [4.69, 9.17) is 9.84 Å². The quantitative estimate of drug-likeness (QED) is 0.723. The molecule has 6 heteroatoms. The first-order chi connectivity index (χ1) is 13.2. The fourth-order valence-corrected chi connectivity index (χ4v) is 3.96. The Labute approximate surface area is 157 Å². The van der Waals surface area contributed by atoms with Gasteiger partial charge in [0.1, 0.15) is 11.4 Å². The van der Waals surface area contributed by atoms with Crippen LogP contribution in [0.3, 0.4) is 0 Å². The Morgan fingerprint density at radius 1 is 1.26 bits per heavy atom. The van der Waals surface area contributed by atoms with Gasteiger partial charge >= 0.3 is 5.97 Å². The minimum Gasteiger partial charge on any atom is -0.496 e. The number of nitrogens with zero attached hydrogens (tertiary/aromatic N) is 2. The van der Waals surface area contributed by atoms with Gasteiger partial charge in [-0.15, -0.1) is 0 Å². The van der Waals surface area contributed by atoms with Crippen LogP contribution in [0.2, 0.25) is 0 Å². The second-order valence-corrected chi connectivity index (χ2v) is 6.99. The van der Waals surface area contributed by atoms with Gasteiger partial charge in [0, 0.05) is 28.8 Å². The molecule has 0 spiro atoms. The van der Waals surface area contributed by atoms with Gasteiger partial charge in [0.25, 0.3) is 0 Å². The summed E-state index contributed by atoms with van der Waals surface area (Å²) in [5.41, 5.74) is 4.20. The summed E-state index contributed by atoms with van der Waals surface area (Å²) >= 11 is 0. The van der Waals surface area contributed by atoms with Crippen LogP contribution in [0.1, 0.15) is 24.5 Å². The van der Waals surface area contributed by atoms with Crippen molar-refractivity contribution in [1.29, 1.82) is 0 Å². The Balaban J connectivity index is 1.63. The molecule has 140 valence electrons. The average Bonchev–Trinajstić information content (AvgIpc) is 3.12. The molecular weight excluding hydrogens is 342 g/mol. The number of ether oxygens (including phenoxy) is 1. The molecule has 0 saturated carbocycles. The fraction of sp³-hybridized carbons (Fsp3) is 0.333. The lowest BCUT2D eigenvalue weighted by atomic mass is 9.93. The first-order valence-electron chi connectivity index (χ1n) is 9.21. The van der Waals surface area contributed by atoms with Gasteiger partial charge in [-0.25, -0.2) is 4.98 Å². The maximum Gasteiger partial charge on any atom is 0.317 e. The number of carboxylic acids is 1. The SMILES string of the molecule is COc1ccccc1-c1ccnc2[nH]c(C3CCN(CC(=O)O)CC3)cc12. The van der Waals surface area contributed by atoms with Gasteiger partial charge in [-0.2, -0.15) is 0 Å². The van der Waals surface area contributed by atoms with E-state index in [0.29, 0.717) is 5.92 Å². The molecule has 0 radical (unpaired) electrons. The lowest BCUT2D eigenvalue weighted by Gasteiger charge is -2.30. The maximum absolute atomic E-state index is 10.9. The number of benzene rings is 1. The molecule has 0 unspecified atom stereocenters. The standard InChI is InChI=1S/C21H23N3O3/c1-27-19-5-3-2-4-16(19)15-6-9-22-21-17(15)12-18(23-21)14-7-10-24(11-8-14)13-20(25)26/h2-6,9,12,14H,7-8,10-11,13H2,1H3,(H,22,23)(H,25,26). The number of pyridine rings is 1. The summed E-state index contributed by atoms with van der Waals surface area (Å²) in [4.78, 5) is 20.9. The predicted molar refractivity (Wildman–Crippen MR) is 104 cm³/mol. The van der Waals surface area contributed by atoms with Crippen molar-refractivity contribution < 1.29 is 14.6 Å². The van der Waals surface area contributed by atoms with E-state index in [0.717, 1.165) is 53.8 Å². The molecule has 0 bridgehead atoms. The summed E-state index contributed by atoms with van der Waals surface area (Å²) in [6, 6.07) is 12.2. The minimum absolute atomic E-state index is 0.124. The van der Waals surface area contributed by atoms with Gasteiger partial charge in [-0.3, -0.25) is 9.69 Å². The van der Waals surface area contributed by atoms with E-state index in [9.17, 15) is 4.79 Å². The number of hydrogen-bond donors (Lipinski definition) is 2. The number of piperidine rings is 1. The second-order valence-electron chi connectivity index (χ2n) is 6.99. The van der Waals surface area contributed by atoms with Gasteiger partial charge < -0.3 is 14.8 Å². The monoisotopic (exact) mass is 365 g/mol. The van der Waals surface area contributed by atoms with Crippen LogP contribution in [0.5, 0.6) is 5.75 Å². The molecular formula is C21H23N3O3. The van der Waals surface area contributed by atoms with E-state index in [1.54, 1.807) is 7.11 Å². The van der Waals surface area contributed by atoms with Crippen molar-refractivity contribution in [1.82, 2.24) is 14.9 Å². The maximum atomic E-state index is 10.9. The fourth-order valence-electron chi connectivity index (χ4n) is 3.96. The molecule has 4 rings (SSSR count). The first-order valence-corrected chi connectivity index (χ1v) is 9.21. The zero-order chi connectivity index (χ0) is 18.8. The molecule has 0 aliphatic carbocycles. The lowest BCUT2D eigenvalue weighted by molar-refractivity contribution is -0.138. The van der Waals surface area contributed by atoms with Crippen molar-refractivity contribution in [2.75, 3.05) is 26.7 Å². The van der Waals surface area contributed by atoms with Crippen LogP contribution in [0.15, 0.2) is 42.6 Å². The van der Waals surface area contributed by atoms with Crippen molar-refractivity contribution in [2.24, 2.45) is 0 Å². The summed E-state index contributed by atoms with van der Waals surface area (Å²) in [5, 5.41) is 10.0. The Morgan fingerprint density at radius 2 is 2.04 bits per heavy atom. The number of aliphatic carboxylic acids is 1. The number of likely N-dealkylation sites (tertiary alicyclic amines) is 1.